The Balaban J connectivity index is 0.000000494. The van der Waals surface area contributed by atoms with E-state index >= 15 is 0 Å². The van der Waals surface area contributed by atoms with Crippen molar-refractivity contribution < 1.29 is 17.5 Å². The van der Waals surface area contributed by atoms with Crippen molar-refractivity contribution in [1.82, 2.24) is 4.57 Å². The summed E-state index contributed by atoms with van der Waals surface area (Å²) in [7, 11) is -3.92. The van der Waals surface area contributed by atoms with Gasteiger partial charge in [0.25, 0.3) is 0 Å². The van der Waals surface area contributed by atoms with Gasteiger partial charge in [-0.3, -0.25) is 0 Å². The molecule has 0 fully saturated rings. The lowest BCUT2D eigenvalue weighted by Crippen LogP contribution is -2.30. The third-order valence-electron chi connectivity index (χ3n) is 2.29. The van der Waals surface area contributed by atoms with E-state index in [1.54, 1.807) is 0 Å². The standard InChI is InChI=1S/C11H21N2.CH4O3S/c1-3-5-7-12-9-10-13(11-12)8-6-4-2;1-5(2,3)4/h9-11H,3-8H2,1-2H3;1H3,(H,2,3,4)/q+1;/p-1. The average Bonchev–Trinajstić information content (AvgIpc) is 2.69. The molecule has 0 aromatic carbocycles. The molecule has 5 nitrogen and oxygen atoms in total. The van der Waals surface area contributed by atoms with Crippen LogP contribution in [-0.2, 0) is 23.2 Å². The summed E-state index contributed by atoms with van der Waals surface area (Å²) in [6, 6.07) is 0. The first-order valence-electron chi connectivity index (χ1n) is 6.32. The number of nitrogens with zero attached hydrogens (tertiary/aromatic N) is 2. The number of aryl methyl sites for hydroxylation is 2. The highest BCUT2D eigenvalue weighted by Crippen LogP contribution is 1.93. The molecule has 0 atom stereocenters. The third-order valence-corrected chi connectivity index (χ3v) is 2.29. The van der Waals surface area contributed by atoms with Crippen molar-refractivity contribution in [1.29, 1.82) is 0 Å². The minimum atomic E-state index is -3.92. The first-order valence-corrected chi connectivity index (χ1v) is 8.14. The molecule has 0 aliphatic carbocycles. The van der Waals surface area contributed by atoms with E-state index in [1.807, 2.05) is 0 Å². The van der Waals surface area contributed by atoms with E-state index in [9.17, 15) is 0 Å². The van der Waals surface area contributed by atoms with Gasteiger partial charge < -0.3 is 4.55 Å². The van der Waals surface area contributed by atoms with Crippen LogP contribution < -0.4 is 4.57 Å². The first-order chi connectivity index (χ1) is 8.36. The van der Waals surface area contributed by atoms with E-state index in [2.05, 4.69) is 41.7 Å². The number of hydrogen-bond acceptors (Lipinski definition) is 3. The summed E-state index contributed by atoms with van der Waals surface area (Å²) in [6.07, 6.45) is 12.3. The molecule has 1 rings (SSSR count). The van der Waals surface area contributed by atoms with Crippen LogP contribution in [0.2, 0.25) is 0 Å². The van der Waals surface area contributed by atoms with Gasteiger partial charge in [-0.15, -0.1) is 0 Å². The topological polar surface area (TPSA) is 66.0 Å². The van der Waals surface area contributed by atoms with Crippen LogP contribution in [-0.4, -0.2) is 23.8 Å². The molecule has 18 heavy (non-hydrogen) atoms. The molecule has 0 N–H and O–H groups in total. The normalized spacial score (nSPS) is 10.9. The van der Waals surface area contributed by atoms with Gasteiger partial charge in [-0.25, -0.2) is 17.6 Å². The Labute approximate surface area is 110 Å². The van der Waals surface area contributed by atoms with Crippen LogP contribution in [0.25, 0.3) is 0 Å². The average molecular weight is 276 g/mol. The Bertz CT molecular complexity index is 382. The van der Waals surface area contributed by atoms with Gasteiger partial charge in [0.15, 0.2) is 0 Å². The van der Waals surface area contributed by atoms with Gasteiger partial charge in [0.05, 0.1) is 23.2 Å². The summed E-state index contributed by atoms with van der Waals surface area (Å²) in [5.41, 5.74) is 0. The van der Waals surface area contributed by atoms with Gasteiger partial charge in [0, 0.05) is 6.26 Å². The zero-order chi connectivity index (χ0) is 14.0. The minimum Gasteiger partial charge on any atom is -0.748 e. The second-order valence-electron chi connectivity index (χ2n) is 4.30. The first kappa shape index (κ1) is 17.1. The van der Waals surface area contributed by atoms with Crippen LogP contribution in [0, 0.1) is 0 Å². The van der Waals surface area contributed by atoms with E-state index in [1.165, 1.54) is 25.7 Å². The number of imidazole rings is 1. The lowest BCUT2D eigenvalue weighted by Gasteiger charge is -1.93. The van der Waals surface area contributed by atoms with Crippen LogP contribution >= 0.6 is 0 Å². The Morgan fingerprint density at radius 2 is 1.78 bits per heavy atom. The van der Waals surface area contributed by atoms with Gasteiger partial charge in [0.1, 0.15) is 12.4 Å². The van der Waals surface area contributed by atoms with Crippen molar-refractivity contribution in [2.24, 2.45) is 0 Å². The number of unbranched alkanes of at least 4 members (excludes halogenated alkanes) is 2. The summed E-state index contributed by atoms with van der Waals surface area (Å²) in [5, 5.41) is 0. The van der Waals surface area contributed by atoms with E-state index in [0.717, 1.165) is 13.1 Å². The van der Waals surface area contributed by atoms with E-state index in [0.29, 0.717) is 6.26 Å². The van der Waals surface area contributed by atoms with Crippen LogP contribution in [0.3, 0.4) is 0 Å². The molecule has 0 radical (unpaired) electrons. The van der Waals surface area contributed by atoms with Crippen molar-refractivity contribution in [3.8, 4) is 0 Å². The molecule has 0 saturated heterocycles. The van der Waals surface area contributed by atoms with Crippen LogP contribution in [0.5, 0.6) is 0 Å². The molecule has 1 aromatic heterocycles. The maximum atomic E-state index is 9.08. The molecular weight excluding hydrogens is 252 g/mol. The van der Waals surface area contributed by atoms with Crippen molar-refractivity contribution in [3.05, 3.63) is 18.7 Å². The Morgan fingerprint density at radius 3 is 2.28 bits per heavy atom. The molecule has 0 spiro atoms. The predicted molar refractivity (Wildman–Crippen MR) is 70.1 cm³/mol. The molecule has 0 saturated carbocycles. The van der Waals surface area contributed by atoms with Crippen molar-refractivity contribution >= 4 is 10.1 Å². The highest BCUT2D eigenvalue weighted by atomic mass is 32.2. The Kier molecular flexibility index (Phi) is 8.66. The number of aromatic nitrogens is 2. The maximum Gasteiger partial charge on any atom is 0.243 e. The van der Waals surface area contributed by atoms with Gasteiger partial charge in [-0.2, -0.15) is 0 Å². The van der Waals surface area contributed by atoms with Gasteiger partial charge in [-0.05, 0) is 12.8 Å². The second kappa shape index (κ2) is 9.10. The van der Waals surface area contributed by atoms with E-state index in [4.69, 9.17) is 13.0 Å². The predicted octanol–water partition coefficient (Wildman–Crippen LogP) is 1.54. The summed E-state index contributed by atoms with van der Waals surface area (Å²) >= 11 is 0. The Hall–Kier alpha value is -0.880. The van der Waals surface area contributed by atoms with E-state index in [-0.39, 0.29) is 0 Å². The third kappa shape index (κ3) is 11.6. The summed E-state index contributed by atoms with van der Waals surface area (Å²) in [4.78, 5) is 0. The number of hydrogen-bond donors (Lipinski definition) is 0. The molecule has 0 amide bonds. The fraction of sp³-hybridized carbons (Fsp3) is 0.750. The lowest BCUT2D eigenvalue weighted by molar-refractivity contribution is -0.696. The molecule has 1 heterocycles. The van der Waals surface area contributed by atoms with Crippen LogP contribution in [0.15, 0.2) is 18.7 Å². The summed E-state index contributed by atoms with van der Waals surface area (Å²) in [5.74, 6) is 0. The zero-order valence-corrected chi connectivity index (χ0v) is 12.3. The second-order valence-corrected chi connectivity index (χ2v) is 5.71. The van der Waals surface area contributed by atoms with Crippen LogP contribution in [0.1, 0.15) is 39.5 Å². The molecule has 1 aromatic rings. The highest BCUT2D eigenvalue weighted by Gasteiger charge is 2.01. The van der Waals surface area contributed by atoms with Crippen molar-refractivity contribution in [2.45, 2.75) is 52.6 Å². The van der Waals surface area contributed by atoms with Gasteiger partial charge >= 0.3 is 0 Å². The zero-order valence-electron chi connectivity index (χ0n) is 11.5. The maximum absolute atomic E-state index is 9.08. The van der Waals surface area contributed by atoms with Crippen LogP contribution in [0.4, 0.5) is 0 Å². The molecule has 0 aliphatic rings. The van der Waals surface area contributed by atoms with Gasteiger partial charge in [-0.1, -0.05) is 26.7 Å². The Morgan fingerprint density at radius 1 is 1.22 bits per heavy atom. The quantitative estimate of drug-likeness (QED) is 0.584. The molecule has 0 aliphatic heterocycles. The lowest BCUT2D eigenvalue weighted by atomic mass is 10.3. The summed E-state index contributed by atoms with van der Waals surface area (Å²) < 4.78 is 31.8. The highest BCUT2D eigenvalue weighted by molar-refractivity contribution is 7.84. The van der Waals surface area contributed by atoms with E-state index < -0.39 is 10.1 Å². The largest absolute Gasteiger partial charge is 0.748 e. The van der Waals surface area contributed by atoms with Crippen molar-refractivity contribution in [2.75, 3.05) is 6.26 Å². The monoisotopic (exact) mass is 276 g/mol. The molecule has 106 valence electrons. The van der Waals surface area contributed by atoms with Gasteiger partial charge in [0.2, 0.25) is 6.33 Å². The SMILES string of the molecule is CCCCn1cc[n+](CCCC)c1.CS(=O)(=O)[O-]. The van der Waals surface area contributed by atoms with Crippen molar-refractivity contribution in [3.63, 3.8) is 0 Å². The minimum absolute atomic E-state index is 0.604. The fourth-order valence-electron chi connectivity index (χ4n) is 1.38. The summed E-state index contributed by atoms with van der Waals surface area (Å²) in [6.45, 7) is 6.79. The molecule has 0 bridgehead atoms. The molecule has 6 heteroatoms. The molecule has 0 unspecified atom stereocenters. The smallest absolute Gasteiger partial charge is 0.243 e. The number of rotatable bonds is 6. The fourth-order valence-corrected chi connectivity index (χ4v) is 1.38. The molecular formula is C12H24N2O3S.